The van der Waals surface area contributed by atoms with Crippen LogP contribution < -0.4 is 10.2 Å². The van der Waals surface area contributed by atoms with Gasteiger partial charge in [0, 0.05) is 44.3 Å². The lowest BCUT2D eigenvalue weighted by atomic mass is 10.1. The van der Waals surface area contributed by atoms with Crippen LogP contribution in [0.4, 0.5) is 5.69 Å². The highest BCUT2D eigenvalue weighted by Gasteiger charge is 2.06. The number of nitrogens with zero attached hydrogens (tertiary/aromatic N) is 3. The predicted molar refractivity (Wildman–Crippen MR) is 78.8 cm³/mol. The number of benzene rings is 1. The number of amides is 1. The van der Waals surface area contributed by atoms with Gasteiger partial charge >= 0.3 is 0 Å². The molecule has 0 saturated carbocycles. The van der Waals surface area contributed by atoms with Crippen molar-refractivity contribution in [2.45, 2.75) is 6.42 Å². The zero-order valence-electron chi connectivity index (χ0n) is 11.7. The van der Waals surface area contributed by atoms with Crippen molar-refractivity contribution in [1.82, 2.24) is 15.3 Å². The average Bonchev–Trinajstić information content (AvgIpc) is 2.48. The van der Waals surface area contributed by atoms with Gasteiger partial charge in [-0.15, -0.1) is 0 Å². The highest BCUT2D eigenvalue weighted by atomic mass is 16.1. The molecule has 0 aliphatic heterocycles. The Kier molecular flexibility index (Phi) is 4.65. The molecular formula is C15H18N4O. The maximum atomic E-state index is 12.0. The van der Waals surface area contributed by atoms with E-state index in [1.165, 1.54) is 6.33 Å². The summed E-state index contributed by atoms with van der Waals surface area (Å²) in [6.07, 6.45) is 5.73. The van der Waals surface area contributed by atoms with Crippen molar-refractivity contribution in [3.05, 3.63) is 54.1 Å². The number of nitrogens with one attached hydrogen (secondary N) is 1. The van der Waals surface area contributed by atoms with Gasteiger partial charge in [-0.25, -0.2) is 9.97 Å². The zero-order chi connectivity index (χ0) is 14.4. The third-order valence-electron chi connectivity index (χ3n) is 2.94. The summed E-state index contributed by atoms with van der Waals surface area (Å²) in [6, 6.07) is 7.54. The fourth-order valence-corrected chi connectivity index (χ4v) is 1.81. The first kappa shape index (κ1) is 14.0. The van der Waals surface area contributed by atoms with E-state index < -0.39 is 0 Å². The summed E-state index contributed by atoms with van der Waals surface area (Å²) >= 11 is 0. The maximum absolute atomic E-state index is 12.0. The SMILES string of the molecule is CN(C)c1cccc(C(=O)NCCc2cncnc2)c1. The van der Waals surface area contributed by atoms with Crippen LogP contribution in [0.5, 0.6) is 0 Å². The number of anilines is 1. The quantitative estimate of drug-likeness (QED) is 0.895. The van der Waals surface area contributed by atoms with Gasteiger partial charge in [0.15, 0.2) is 0 Å². The Labute approximate surface area is 118 Å². The third-order valence-corrected chi connectivity index (χ3v) is 2.94. The van der Waals surface area contributed by atoms with E-state index in [0.717, 1.165) is 17.7 Å². The molecule has 0 unspecified atom stereocenters. The van der Waals surface area contributed by atoms with Gasteiger partial charge in [0.05, 0.1) is 0 Å². The first-order chi connectivity index (χ1) is 9.66. The van der Waals surface area contributed by atoms with Crippen molar-refractivity contribution >= 4 is 11.6 Å². The molecule has 5 heteroatoms. The molecule has 0 spiro atoms. The molecule has 20 heavy (non-hydrogen) atoms. The topological polar surface area (TPSA) is 58.1 Å². The second kappa shape index (κ2) is 6.65. The first-order valence-electron chi connectivity index (χ1n) is 6.46. The summed E-state index contributed by atoms with van der Waals surface area (Å²) in [5.74, 6) is -0.0643. The van der Waals surface area contributed by atoms with Crippen LogP contribution in [0, 0.1) is 0 Å². The number of carbonyl (C=O) groups is 1. The molecule has 0 atom stereocenters. The summed E-state index contributed by atoms with van der Waals surface area (Å²) in [4.78, 5) is 21.9. The third kappa shape index (κ3) is 3.78. The normalized spacial score (nSPS) is 10.1. The molecule has 0 bridgehead atoms. The fraction of sp³-hybridized carbons (Fsp3) is 0.267. The molecule has 0 aliphatic rings. The lowest BCUT2D eigenvalue weighted by Crippen LogP contribution is -2.26. The summed E-state index contributed by atoms with van der Waals surface area (Å²) in [6.45, 7) is 0.568. The minimum atomic E-state index is -0.0643. The van der Waals surface area contributed by atoms with Crippen LogP contribution >= 0.6 is 0 Å². The maximum Gasteiger partial charge on any atom is 0.251 e. The van der Waals surface area contributed by atoms with E-state index in [2.05, 4.69) is 15.3 Å². The predicted octanol–water partition coefficient (Wildman–Crippen LogP) is 1.52. The van der Waals surface area contributed by atoms with Crippen LogP contribution in [0.3, 0.4) is 0 Å². The van der Waals surface area contributed by atoms with E-state index in [4.69, 9.17) is 0 Å². The monoisotopic (exact) mass is 270 g/mol. The molecule has 0 saturated heterocycles. The van der Waals surface area contributed by atoms with Gasteiger partial charge in [-0.1, -0.05) is 6.07 Å². The molecular weight excluding hydrogens is 252 g/mol. The van der Waals surface area contributed by atoms with Gasteiger partial charge in [-0.3, -0.25) is 4.79 Å². The lowest BCUT2D eigenvalue weighted by molar-refractivity contribution is 0.0954. The van der Waals surface area contributed by atoms with E-state index in [1.54, 1.807) is 12.4 Å². The molecule has 2 aromatic rings. The number of hydrogen-bond donors (Lipinski definition) is 1. The van der Waals surface area contributed by atoms with Gasteiger partial charge in [-0.05, 0) is 30.2 Å². The number of rotatable bonds is 5. The van der Waals surface area contributed by atoms with Gasteiger partial charge < -0.3 is 10.2 Å². The largest absolute Gasteiger partial charge is 0.378 e. The van der Waals surface area contributed by atoms with Crippen molar-refractivity contribution in [2.24, 2.45) is 0 Å². The van der Waals surface area contributed by atoms with Crippen molar-refractivity contribution in [3.8, 4) is 0 Å². The molecule has 0 aliphatic carbocycles. The smallest absolute Gasteiger partial charge is 0.251 e. The summed E-state index contributed by atoms with van der Waals surface area (Å²) in [5.41, 5.74) is 2.68. The summed E-state index contributed by atoms with van der Waals surface area (Å²) in [7, 11) is 3.90. The fourth-order valence-electron chi connectivity index (χ4n) is 1.81. The molecule has 104 valence electrons. The van der Waals surface area contributed by atoms with Crippen molar-refractivity contribution in [3.63, 3.8) is 0 Å². The highest BCUT2D eigenvalue weighted by molar-refractivity contribution is 5.95. The van der Waals surface area contributed by atoms with Crippen LogP contribution in [-0.2, 0) is 6.42 Å². The van der Waals surface area contributed by atoms with E-state index >= 15 is 0 Å². The van der Waals surface area contributed by atoms with E-state index in [-0.39, 0.29) is 5.91 Å². The Bertz CT molecular complexity index is 569. The van der Waals surface area contributed by atoms with Crippen LogP contribution in [-0.4, -0.2) is 36.5 Å². The summed E-state index contributed by atoms with van der Waals surface area (Å²) in [5, 5.41) is 2.90. The Morgan fingerprint density at radius 2 is 2.00 bits per heavy atom. The number of hydrogen-bond acceptors (Lipinski definition) is 4. The molecule has 0 fully saturated rings. The van der Waals surface area contributed by atoms with E-state index in [0.29, 0.717) is 12.1 Å². The zero-order valence-corrected chi connectivity index (χ0v) is 11.7. The minimum Gasteiger partial charge on any atom is -0.378 e. The molecule has 5 nitrogen and oxygen atoms in total. The molecule has 1 heterocycles. The number of aromatic nitrogens is 2. The van der Waals surface area contributed by atoms with Gasteiger partial charge in [-0.2, -0.15) is 0 Å². The van der Waals surface area contributed by atoms with Gasteiger partial charge in [0.1, 0.15) is 6.33 Å². The van der Waals surface area contributed by atoms with Crippen LogP contribution in [0.2, 0.25) is 0 Å². The van der Waals surface area contributed by atoms with Crippen LogP contribution in [0.25, 0.3) is 0 Å². The molecule has 1 amide bonds. The Hall–Kier alpha value is -2.43. The standard InChI is InChI=1S/C15H18N4O/c1-19(2)14-5-3-4-13(8-14)15(20)18-7-6-12-9-16-11-17-10-12/h3-5,8-11H,6-7H2,1-2H3,(H,18,20). The van der Waals surface area contributed by atoms with Gasteiger partial charge in [0.2, 0.25) is 0 Å². The van der Waals surface area contributed by atoms with Crippen molar-refractivity contribution in [2.75, 3.05) is 25.5 Å². The highest BCUT2D eigenvalue weighted by Crippen LogP contribution is 2.13. The summed E-state index contributed by atoms with van der Waals surface area (Å²) < 4.78 is 0. The molecule has 1 N–H and O–H groups in total. The Morgan fingerprint density at radius 3 is 2.70 bits per heavy atom. The van der Waals surface area contributed by atoms with Crippen LogP contribution in [0.1, 0.15) is 15.9 Å². The van der Waals surface area contributed by atoms with Crippen LogP contribution in [0.15, 0.2) is 43.0 Å². The molecule has 2 rings (SSSR count). The Morgan fingerprint density at radius 1 is 1.25 bits per heavy atom. The molecule has 1 aromatic heterocycles. The Balaban J connectivity index is 1.90. The van der Waals surface area contributed by atoms with E-state index in [9.17, 15) is 4.79 Å². The second-order valence-electron chi connectivity index (χ2n) is 4.70. The molecule has 1 aromatic carbocycles. The number of carbonyl (C=O) groups excluding carboxylic acids is 1. The minimum absolute atomic E-state index is 0.0643. The average molecular weight is 270 g/mol. The second-order valence-corrected chi connectivity index (χ2v) is 4.70. The van der Waals surface area contributed by atoms with Gasteiger partial charge in [0.25, 0.3) is 5.91 Å². The molecule has 0 radical (unpaired) electrons. The van der Waals surface area contributed by atoms with Crippen molar-refractivity contribution in [1.29, 1.82) is 0 Å². The lowest BCUT2D eigenvalue weighted by Gasteiger charge is -2.13. The van der Waals surface area contributed by atoms with Crippen molar-refractivity contribution < 1.29 is 4.79 Å². The van der Waals surface area contributed by atoms with E-state index in [1.807, 2.05) is 43.3 Å². The first-order valence-corrected chi connectivity index (χ1v) is 6.46.